The van der Waals surface area contributed by atoms with Crippen LogP contribution >= 0.6 is 11.6 Å². The predicted octanol–water partition coefficient (Wildman–Crippen LogP) is 5.42. The smallest absolute Gasteiger partial charge is 0.154 e. The van der Waals surface area contributed by atoms with Crippen molar-refractivity contribution in [1.29, 1.82) is 0 Å². The van der Waals surface area contributed by atoms with Gasteiger partial charge in [-0.05, 0) is 30.3 Å². The van der Waals surface area contributed by atoms with Crippen LogP contribution in [0.25, 0.3) is 33.1 Å². The Bertz CT molecular complexity index is 1050. The van der Waals surface area contributed by atoms with Gasteiger partial charge in [0.2, 0.25) is 0 Å². The first-order chi connectivity index (χ1) is 11.2. The van der Waals surface area contributed by atoms with Crippen LogP contribution in [0.5, 0.6) is 5.75 Å². The van der Waals surface area contributed by atoms with Gasteiger partial charge in [-0.15, -0.1) is 0 Å². The number of carbonyl (C=O) groups excluding carboxylic acids is 1. The zero-order valence-electron chi connectivity index (χ0n) is 11.9. The molecule has 0 bridgehead atoms. The average molecular weight is 323 g/mol. The summed E-state index contributed by atoms with van der Waals surface area (Å²) in [6.07, 6.45) is 0.754. The molecule has 23 heavy (non-hydrogen) atoms. The third-order valence-electron chi connectivity index (χ3n) is 3.94. The lowest BCUT2D eigenvalue weighted by Gasteiger charge is -2.01. The lowest BCUT2D eigenvalue weighted by Crippen LogP contribution is -1.82. The molecule has 4 aromatic rings. The van der Waals surface area contributed by atoms with Crippen LogP contribution in [0.3, 0.4) is 0 Å². The quantitative estimate of drug-likeness (QED) is 0.501. The normalized spacial score (nSPS) is 11.2. The van der Waals surface area contributed by atoms with Gasteiger partial charge in [0.25, 0.3) is 0 Å². The number of halogens is 1. The zero-order valence-corrected chi connectivity index (χ0v) is 12.7. The molecular weight excluding hydrogens is 312 g/mol. The summed E-state index contributed by atoms with van der Waals surface area (Å²) in [5.74, 6) is 0.599. The van der Waals surface area contributed by atoms with Crippen LogP contribution in [-0.4, -0.2) is 11.4 Å². The maximum Gasteiger partial charge on any atom is 0.154 e. The number of hydrogen-bond acceptors (Lipinski definition) is 3. The molecule has 0 aliphatic carbocycles. The van der Waals surface area contributed by atoms with Gasteiger partial charge in [0.1, 0.15) is 17.1 Å². The van der Waals surface area contributed by atoms with E-state index in [1.165, 1.54) is 0 Å². The number of aldehydes is 1. The van der Waals surface area contributed by atoms with Crippen molar-refractivity contribution in [3.63, 3.8) is 0 Å². The van der Waals surface area contributed by atoms with E-state index in [4.69, 9.17) is 16.0 Å². The number of phenolic OH excluding ortho intramolecular Hbond substituents is 1. The average Bonchev–Trinajstić information content (AvgIpc) is 2.94. The highest BCUT2D eigenvalue weighted by Crippen LogP contribution is 2.40. The molecule has 0 aliphatic heterocycles. The van der Waals surface area contributed by atoms with Gasteiger partial charge in [-0.25, -0.2) is 0 Å². The molecule has 1 heterocycles. The summed E-state index contributed by atoms with van der Waals surface area (Å²) in [6, 6.07) is 16.1. The van der Waals surface area contributed by atoms with E-state index in [9.17, 15) is 9.90 Å². The first-order valence-corrected chi connectivity index (χ1v) is 7.45. The molecule has 3 aromatic carbocycles. The van der Waals surface area contributed by atoms with Crippen LogP contribution in [-0.2, 0) is 0 Å². The van der Waals surface area contributed by atoms with Gasteiger partial charge < -0.3 is 9.52 Å². The molecule has 0 saturated heterocycles. The van der Waals surface area contributed by atoms with Gasteiger partial charge in [0.15, 0.2) is 6.29 Å². The highest BCUT2D eigenvalue weighted by molar-refractivity contribution is 6.30. The molecule has 0 aliphatic rings. The van der Waals surface area contributed by atoms with E-state index in [2.05, 4.69) is 0 Å². The van der Waals surface area contributed by atoms with Gasteiger partial charge >= 0.3 is 0 Å². The number of furan rings is 1. The van der Waals surface area contributed by atoms with E-state index in [1.807, 2.05) is 24.3 Å². The van der Waals surface area contributed by atoms with Crippen LogP contribution in [0.2, 0.25) is 5.02 Å². The van der Waals surface area contributed by atoms with E-state index in [0.717, 1.165) is 17.2 Å². The van der Waals surface area contributed by atoms with Gasteiger partial charge in [0, 0.05) is 26.7 Å². The van der Waals surface area contributed by atoms with Crippen LogP contribution in [0, 0.1) is 0 Å². The van der Waals surface area contributed by atoms with E-state index >= 15 is 0 Å². The lowest BCUT2D eigenvalue weighted by atomic mass is 10.0. The number of carbonyl (C=O) groups is 1. The molecule has 112 valence electrons. The fourth-order valence-electron chi connectivity index (χ4n) is 2.85. The van der Waals surface area contributed by atoms with Gasteiger partial charge in [-0.2, -0.15) is 0 Å². The standard InChI is InChI=1S/C19H11ClO3/c20-12-7-5-11(6-8-12)18-16(10-21)15-9-17(22)13-3-1-2-4-14(13)19(15)23-18/h1-10,22H. The largest absolute Gasteiger partial charge is 0.507 e. The number of fused-ring (bicyclic) bond motifs is 3. The number of phenols is 1. The molecule has 0 fully saturated rings. The molecule has 1 aromatic heterocycles. The molecule has 1 N–H and O–H groups in total. The van der Waals surface area contributed by atoms with E-state index in [1.54, 1.807) is 30.3 Å². The highest BCUT2D eigenvalue weighted by Gasteiger charge is 2.19. The highest BCUT2D eigenvalue weighted by atomic mass is 35.5. The Morgan fingerprint density at radius 2 is 1.65 bits per heavy atom. The van der Waals surface area contributed by atoms with Crippen molar-refractivity contribution in [3.05, 3.63) is 65.2 Å². The monoisotopic (exact) mass is 322 g/mol. The van der Waals surface area contributed by atoms with Crippen molar-refractivity contribution < 1.29 is 14.3 Å². The summed E-state index contributed by atoms with van der Waals surface area (Å²) in [6.45, 7) is 0. The maximum atomic E-state index is 11.6. The fourth-order valence-corrected chi connectivity index (χ4v) is 2.98. The molecule has 0 spiro atoms. The summed E-state index contributed by atoms with van der Waals surface area (Å²) in [5.41, 5.74) is 1.77. The summed E-state index contributed by atoms with van der Waals surface area (Å²) in [5, 5.41) is 12.9. The SMILES string of the molecule is O=Cc1c(-c2ccc(Cl)cc2)oc2c1cc(O)c1ccccc12. The molecule has 0 amide bonds. The Morgan fingerprint density at radius 1 is 0.957 bits per heavy atom. The molecular formula is C19H11ClO3. The summed E-state index contributed by atoms with van der Waals surface area (Å²) in [4.78, 5) is 11.6. The second kappa shape index (κ2) is 5.14. The fraction of sp³-hybridized carbons (Fsp3) is 0. The van der Waals surface area contributed by atoms with Crippen LogP contribution < -0.4 is 0 Å². The first-order valence-electron chi connectivity index (χ1n) is 7.07. The summed E-state index contributed by atoms with van der Waals surface area (Å²) in [7, 11) is 0. The molecule has 0 unspecified atom stereocenters. The van der Waals surface area contributed by atoms with Crippen molar-refractivity contribution in [3.8, 4) is 17.1 Å². The van der Waals surface area contributed by atoms with Crippen LogP contribution in [0.4, 0.5) is 0 Å². The van der Waals surface area contributed by atoms with Gasteiger partial charge in [-0.3, -0.25) is 4.79 Å². The van der Waals surface area contributed by atoms with Gasteiger partial charge in [0.05, 0.1) is 5.56 Å². The molecule has 0 atom stereocenters. The topological polar surface area (TPSA) is 50.4 Å². The van der Waals surface area contributed by atoms with Crippen LogP contribution in [0.15, 0.2) is 59.0 Å². The van der Waals surface area contributed by atoms with Crippen molar-refractivity contribution in [2.45, 2.75) is 0 Å². The second-order valence-electron chi connectivity index (χ2n) is 5.29. The van der Waals surface area contributed by atoms with E-state index < -0.39 is 0 Å². The predicted molar refractivity (Wildman–Crippen MR) is 91.2 cm³/mol. The van der Waals surface area contributed by atoms with Crippen LogP contribution in [0.1, 0.15) is 10.4 Å². The Labute approximate surface area is 136 Å². The number of rotatable bonds is 2. The minimum absolute atomic E-state index is 0.125. The zero-order chi connectivity index (χ0) is 16.0. The summed E-state index contributed by atoms with van der Waals surface area (Å²) >= 11 is 5.92. The van der Waals surface area contributed by atoms with E-state index in [-0.39, 0.29) is 5.75 Å². The Hall–Kier alpha value is -2.78. The van der Waals surface area contributed by atoms with Crippen molar-refractivity contribution in [2.75, 3.05) is 0 Å². The Balaban J connectivity index is 2.12. The lowest BCUT2D eigenvalue weighted by molar-refractivity contribution is 0.112. The third kappa shape index (κ3) is 2.09. The minimum Gasteiger partial charge on any atom is -0.507 e. The molecule has 0 saturated carbocycles. The third-order valence-corrected chi connectivity index (χ3v) is 4.19. The van der Waals surface area contributed by atoms with Crippen molar-refractivity contribution in [2.24, 2.45) is 0 Å². The number of benzene rings is 3. The maximum absolute atomic E-state index is 11.6. The molecule has 0 radical (unpaired) electrons. The second-order valence-corrected chi connectivity index (χ2v) is 5.72. The van der Waals surface area contributed by atoms with Crippen molar-refractivity contribution >= 4 is 39.6 Å². The number of aromatic hydroxyl groups is 1. The minimum atomic E-state index is 0.125. The molecule has 3 nitrogen and oxygen atoms in total. The van der Waals surface area contributed by atoms with Gasteiger partial charge in [-0.1, -0.05) is 35.9 Å². The molecule has 4 heteroatoms. The number of hydrogen-bond donors (Lipinski definition) is 1. The van der Waals surface area contributed by atoms with E-state index in [0.29, 0.717) is 32.7 Å². The molecule has 4 rings (SSSR count). The van der Waals surface area contributed by atoms with Crippen molar-refractivity contribution in [1.82, 2.24) is 0 Å². The Kier molecular flexibility index (Phi) is 3.10. The first kappa shape index (κ1) is 13.9. The summed E-state index contributed by atoms with van der Waals surface area (Å²) < 4.78 is 6.00. The Morgan fingerprint density at radius 3 is 2.35 bits per heavy atom.